The predicted octanol–water partition coefficient (Wildman–Crippen LogP) is 4.06. The van der Waals surface area contributed by atoms with Crippen LogP contribution in [0, 0.1) is 5.82 Å². The highest BCUT2D eigenvalue weighted by Crippen LogP contribution is 2.35. The Morgan fingerprint density at radius 2 is 2.06 bits per heavy atom. The fourth-order valence-electron chi connectivity index (χ4n) is 5.16. The molecule has 3 aromatic rings. The van der Waals surface area contributed by atoms with Gasteiger partial charge in [0.05, 0.1) is 37.0 Å². The first-order chi connectivity index (χ1) is 16.6. The molecule has 0 aliphatic carbocycles. The molecule has 0 bridgehead atoms. The van der Waals surface area contributed by atoms with Crippen LogP contribution in [0.3, 0.4) is 0 Å². The fraction of sp³-hybridized carbons (Fsp3) is 0.462. The second-order valence-corrected chi connectivity index (χ2v) is 9.20. The van der Waals surface area contributed by atoms with Crippen LogP contribution < -0.4 is 0 Å². The van der Waals surface area contributed by atoms with Gasteiger partial charge in [-0.2, -0.15) is 0 Å². The Balaban J connectivity index is 1.25. The second-order valence-electron chi connectivity index (χ2n) is 9.20. The number of benzene rings is 1. The van der Waals surface area contributed by atoms with Crippen LogP contribution in [0.5, 0.6) is 0 Å². The number of pyridine rings is 1. The standard InChI is InChI=1S/C26H30FN3O4/c27-24-2-1-18(13-21(24)26(31)32)15-29-8-4-19(5-9-29)23-16-30(25-3-7-28-14-22(23)25)10-6-20-17-33-11-12-34-20/h1-3,7,13-14,16,19-20H,4-6,8-12,15,17H2,(H,31,32). The van der Waals surface area contributed by atoms with Crippen LogP contribution in [-0.2, 0) is 22.6 Å². The van der Waals surface area contributed by atoms with Crippen molar-refractivity contribution < 1.29 is 23.8 Å². The number of ether oxygens (including phenoxy) is 2. The van der Waals surface area contributed by atoms with Gasteiger partial charge in [0, 0.05) is 37.1 Å². The summed E-state index contributed by atoms with van der Waals surface area (Å²) in [4.78, 5) is 17.9. The van der Waals surface area contributed by atoms with E-state index in [1.807, 2.05) is 12.4 Å². The Hall–Kier alpha value is -2.81. The highest BCUT2D eigenvalue weighted by Gasteiger charge is 2.25. The molecule has 0 saturated carbocycles. The molecule has 0 spiro atoms. The zero-order valence-corrected chi connectivity index (χ0v) is 19.2. The maximum atomic E-state index is 13.7. The molecule has 7 nitrogen and oxygen atoms in total. The molecule has 8 heteroatoms. The number of carbonyl (C=O) groups is 1. The van der Waals surface area contributed by atoms with Crippen LogP contribution in [0.25, 0.3) is 10.9 Å². The molecule has 0 radical (unpaired) electrons. The van der Waals surface area contributed by atoms with E-state index in [0.29, 0.717) is 32.3 Å². The number of halogens is 1. The first-order valence-electron chi connectivity index (χ1n) is 11.9. The van der Waals surface area contributed by atoms with Gasteiger partial charge in [0.1, 0.15) is 5.82 Å². The molecule has 4 heterocycles. The van der Waals surface area contributed by atoms with E-state index in [2.05, 4.69) is 26.7 Å². The lowest BCUT2D eigenvalue weighted by Gasteiger charge is -2.32. The molecule has 2 fully saturated rings. The van der Waals surface area contributed by atoms with Gasteiger partial charge >= 0.3 is 5.97 Å². The van der Waals surface area contributed by atoms with E-state index in [1.165, 1.54) is 28.6 Å². The van der Waals surface area contributed by atoms with E-state index in [0.717, 1.165) is 44.5 Å². The second kappa shape index (κ2) is 10.2. The van der Waals surface area contributed by atoms with Gasteiger partial charge in [0.2, 0.25) is 0 Å². The number of hydrogen-bond acceptors (Lipinski definition) is 5. The van der Waals surface area contributed by atoms with E-state index in [9.17, 15) is 14.3 Å². The third-order valence-corrected chi connectivity index (χ3v) is 6.99. The van der Waals surface area contributed by atoms with Crippen molar-refractivity contribution >= 4 is 16.9 Å². The first-order valence-corrected chi connectivity index (χ1v) is 11.9. The normalized spacial score (nSPS) is 20.1. The summed E-state index contributed by atoms with van der Waals surface area (Å²) in [5.74, 6) is -1.48. The van der Waals surface area contributed by atoms with Crippen molar-refractivity contribution in [1.29, 1.82) is 0 Å². The topological polar surface area (TPSA) is 76.8 Å². The number of nitrogens with zero attached hydrogens (tertiary/aromatic N) is 3. The summed E-state index contributed by atoms with van der Waals surface area (Å²) in [7, 11) is 0. The van der Waals surface area contributed by atoms with Gasteiger partial charge in [-0.3, -0.25) is 9.88 Å². The van der Waals surface area contributed by atoms with E-state index in [1.54, 1.807) is 6.07 Å². The van der Waals surface area contributed by atoms with Crippen molar-refractivity contribution in [3.05, 3.63) is 65.4 Å². The summed E-state index contributed by atoms with van der Waals surface area (Å²) in [6, 6.07) is 6.46. The number of carboxylic acids is 1. The van der Waals surface area contributed by atoms with Crippen LogP contribution in [0.4, 0.5) is 4.39 Å². The van der Waals surface area contributed by atoms with Crippen molar-refractivity contribution in [2.24, 2.45) is 0 Å². The smallest absolute Gasteiger partial charge is 0.338 e. The van der Waals surface area contributed by atoms with Crippen molar-refractivity contribution in [3.8, 4) is 0 Å². The maximum absolute atomic E-state index is 13.7. The van der Waals surface area contributed by atoms with Crippen molar-refractivity contribution in [2.75, 3.05) is 32.9 Å². The van der Waals surface area contributed by atoms with Gasteiger partial charge < -0.3 is 19.1 Å². The Morgan fingerprint density at radius 3 is 2.82 bits per heavy atom. The van der Waals surface area contributed by atoms with Crippen LogP contribution in [-0.4, -0.2) is 64.5 Å². The number of rotatable bonds is 7. The molecule has 1 unspecified atom stereocenters. The Kier molecular flexibility index (Phi) is 6.89. The van der Waals surface area contributed by atoms with E-state index >= 15 is 0 Å². The summed E-state index contributed by atoms with van der Waals surface area (Å²) in [6.45, 7) is 5.33. The Morgan fingerprint density at radius 1 is 1.21 bits per heavy atom. The average molecular weight is 468 g/mol. The molecule has 5 rings (SSSR count). The minimum atomic E-state index is -1.23. The summed E-state index contributed by atoms with van der Waals surface area (Å²) in [6.07, 6.45) is 9.20. The molecule has 2 aliphatic rings. The number of aromatic nitrogens is 2. The molecule has 2 saturated heterocycles. The highest BCUT2D eigenvalue weighted by atomic mass is 19.1. The minimum Gasteiger partial charge on any atom is -0.478 e. The molecule has 0 amide bonds. The Bertz CT molecular complexity index is 1150. The van der Waals surface area contributed by atoms with E-state index in [4.69, 9.17) is 9.47 Å². The lowest BCUT2D eigenvalue weighted by Crippen LogP contribution is -2.32. The largest absolute Gasteiger partial charge is 0.478 e. The predicted molar refractivity (Wildman–Crippen MR) is 126 cm³/mol. The third-order valence-electron chi connectivity index (χ3n) is 6.99. The molecule has 1 N–H and O–H groups in total. The number of piperidine rings is 1. The van der Waals surface area contributed by atoms with Crippen LogP contribution in [0.1, 0.15) is 46.7 Å². The Labute approximate surface area is 198 Å². The lowest BCUT2D eigenvalue weighted by molar-refractivity contribution is -0.0916. The van der Waals surface area contributed by atoms with Gasteiger partial charge in [0.15, 0.2) is 0 Å². The molecular formula is C26H30FN3O4. The summed E-state index contributed by atoms with van der Waals surface area (Å²) >= 11 is 0. The van der Waals surface area contributed by atoms with E-state index < -0.39 is 11.8 Å². The quantitative estimate of drug-likeness (QED) is 0.565. The monoisotopic (exact) mass is 467 g/mol. The van der Waals surface area contributed by atoms with Gasteiger partial charge in [-0.15, -0.1) is 0 Å². The maximum Gasteiger partial charge on any atom is 0.338 e. The first kappa shape index (κ1) is 23.0. The molecule has 2 aliphatic heterocycles. The SMILES string of the molecule is O=C(O)c1cc(CN2CCC(c3cn(CCC4COCCO4)c4ccncc34)CC2)ccc1F. The van der Waals surface area contributed by atoms with Gasteiger partial charge in [-0.1, -0.05) is 6.07 Å². The molecular weight excluding hydrogens is 437 g/mol. The zero-order valence-electron chi connectivity index (χ0n) is 19.2. The van der Waals surface area contributed by atoms with Crippen molar-refractivity contribution in [2.45, 2.75) is 44.4 Å². The van der Waals surface area contributed by atoms with Crippen LogP contribution in [0.2, 0.25) is 0 Å². The molecule has 34 heavy (non-hydrogen) atoms. The van der Waals surface area contributed by atoms with Crippen molar-refractivity contribution in [3.63, 3.8) is 0 Å². The molecule has 1 atom stereocenters. The molecule has 180 valence electrons. The number of hydrogen-bond donors (Lipinski definition) is 1. The van der Waals surface area contributed by atoms with E-state index in [-0.39, 0.29) is 11.7 Å². The van der Waals surface area contributed by atoms with Gasteiger partial charge in [-0.25, -0.2) is 9.18 Å². The zero-order chi connectivity index (χ0) is 23.5. The van der Waals surface area contributed by atoms with Crippen LogP contribution >= 0.6 is 0 Å². The van der Waals surface area contributed by atoms with Crippen molar-refractivity contribution in [1.82, 2.24) is 14.5 Å². The van der Waals surface area contributed by atoms with Crippen LogP contribution in [0.15, 0.2) is 42.9 Å². The number of likely N-dealkylation sites (tertiary alicyclic amines) is 1. The van der Waals surface area contributed by atoms with Gasteiger partial charge in [0.25, 0.3) is 0 Å². The molecule has 2 aromatic heterocycles. The number of aryl methyl sites for hydroxylation is 1. The minimum absolute atomic E-state index is 0.146. The van der Waals surface area contributed by atoms with Gasteiger partial charge in [-0.05, 0) is 67.6 Å². The summed E-state index contributed by atoms with van der Waals surface area (Å²) in [5.41, 5.74) is 3.11. The fourth-order valence-corrected chi connectivity index (χ4v) is 5.16. The summed E-state index contributed by atoms with van der Waals surface area (Å²) < 4.78 is 27.4. The molecule has 1 aromatic carbocycles. The average Bonchev–Trinajstić information content (AvgIpc) is 3.23. The number of carboxylic acid groups (broad SMARTS) is 1. The third kappa shape index (κ3) is 4.99. The number of fused-ring (bicyclic) bond motifs is 1. The summed E-state index contributed by atoms with van der Waals surface area (Å²) in [5, 5.41) is 10.4. The lowest BCUT2D eigenvalue weighted by atomic mass is 9.89. The highest BCUT2D eigenvalue weighted by molar-refractivity contribution is 5.88. The number of aromatic carboxylic acids is 1.